The molecule has 0 aliphatic rings. The highest BCUT2D eigenvalue weighted by Crippen LogP contribution is 2.06. The summed E-state index contributed by atoms with van der Waals surface area (Å²) < 4.78 is 0.574. The lowest BCUT2D eigenvalue weighted by Gasteiger charge is -2.37. The molecule has 0 spiro atoms. The van der Waals surface area contributed by atoms with Crippen molar-refractivity contribution >= 4 is 0 Å². The highest BCUT2D eigenvalue weighted by molar-refractivity contribution is 4.65. The van der Waals surface area contributed by atoms with Gasteiger partial charge in [0.2, 0.25) is 0 Å². The molecule has 0 aliphatic carbocycles. The van der Waals surface area contributed by atoms with Crippen LogP contribution in [0.5, 0.6) is 0 Å². The number of nitrogens with zero attached hydrogens (tertiary/aromatic N) is 2. The lowest BCUT2D eigenvalue weighted by molar-refractivity contribution is -0.912. The van der Waals surface area contributed by atoms with Crippen molar-refractivity contribution in [2.24, 2.45) is 0 Å². The van der Waals surface area contributed by atoms with Crippen LogP contribution in [-0.4, -0.2) is 101 Å². The number of likely N-dealkylation sites (N-methyl/N-ethyl adjacent to an activating group) is 1. The summed E-state index contributed by atoms with van der Waals surface area (Å²) >= 11 is 0. The first-order chi connectivity index (χ1) is 9.18. The standard InChI is InChI=1S/C14H33N2O4/c1-12(18)9-15(10-13(2)19)5-6-16(4,7-8-17)11-14(3)20/h12-14,17-20H,5-11H2,1-4H3/q+1. The van der Waals surface area contributed by atoms with Crippen LogP contribution in [0.15, 0.2) is 0 Å². The van der Waals surface area contributed by atoms with Crippen LogP contribution in [0.25, 0.3) is 0 Å². The topological polar surface area (TPSA) is 84.2 Å². The van der Waals surface area contributed by atoms with Crippen LogP contribution >= 0.6 is 0 Å². The Hall–Kier alpha value is -0.240. The number of quaternary nitrogens is 1. The molecule has 0 aromatic heterocycles. The van der Waals surface area contributed by atoms with Gasteiger partial charge in [-0.1, -0.05) is 0 Å². The lowest BCUT2D eigenvalue weighted by atomic mass is 10.2. The zero-order valence-corrected chi connectivity index (χ0v) is 13.4. The fraction of sp³-hybridized carbons (Fsp3) is 1.00. The van der Waals surface area contributed by atoms with Crippen LogP contribution in [0.4, 0.5) is 0 Å². The Labute approximate surface area is 122 Å². The van der Waals surface area contributed by atoms with Crippen molar-refractivity contribution in [2.45, 2.75) is 39.1 Å². The molecule has 122 valence electrons. The molecule has 4 N–H and O–H groups in total. The normalized spacial score (nSPS) is 19.6. The van der Waals surface area contributed by atoms with E-state index in [0.717, 1.165) is 6.54 Å². The van der Waals surface area contributed by atoms with Crippen LogP contribution in [0, 0.1) is 0 Å². The first-order valence-corrected chi connectivity index (χ1v) is 7.39. The fourth-order valence-corrected chi connectivity index (χ4v) is 2.56. The Morgan fingerprint density at radius 3 is 1.75 bits per heavy atom. The Morgan fingerprint density at radius 2 is 1.40 bits per heavy atom. The monoisotopic (exact) mass is 293 g/mol. The van der Waals surface area contributed by atoms with Gasteiger partial charge in [-0.3, -0.25) is 4.90 Å². The second-order valence-electron chi connectivity index (χ2n) is 6.28. The summed E-state index contributed by atoms with van der Waals surface area (Å²) in [7, 11) is 2.01. The largest absolute Gasteiger partial charge is 0.392 e. The Bertz CT molecular complexity index is 239. The zero-order chi connectivity index (χ0) is 15.8. The van der Waals surface area contributed by atoms with Gasteiger partial charge in [0, 0.05) is 19.6 Å². The van der Waals surface area contributed by atoms with Gasteiger partial charge in [0.1, 0.15) is 19.2 Å². The highest BCUT2D eigenvalue weighted by atomic mass is 16.3. The van der Waals surface area contributed by atoms with E-state index in [1.165, 1.54) is 0 Å². The minimum absolute atomic E-state index is 0.0794. The third-order valence-electron chi connectivity index (χ3n) is 3.35. The van der Waals surface area contributed by atoms with E-state index in [0.29, 0.717) is 37.2 Å². The van der Waals surface area contributed by atoms with E-state index >= 15 is 0 Å². The third kappa shape index (κ3) is 9.63. The quantitative estimate of drug-likeness (QED) is 0.362. The van der Waals surface area contributed by atoms with Crippen LogP contribution in [0.2, 0.25) is 0 Å². The average molecular weight is 293 g/mol. The van der Waals surface area contributed by atoms with Crippen LogP contribution < -0.4 is 0 Å². The van der Waals surface area contributed by atoms with Crippen LogP contribution in [0.1, 0.15) is 20.8 Å². The Morgan fingerprint density at radius 1 is 0.900 bits per heavy atom. The number of aliphatic hydroxyl groups is 4. The van der Waals surface area contributed by atoms with Crippen molar-refractivity contribution in [3.63, 3.8) is 0 Å². The zero-order valence-electron chi connectivity index (χ0n) is 13.4. The number of aliphatic hydroxyl groups excluding tert-OH is 4. The summed E-state index contributed by atoms with van der Waals surface area (Å²) in [4.78, 5) is 2.02. The van der Waals surface area contributed by atoms with Crippen molar-refractivity contribution in [1.82, 2.24) is 4.90 Å². The van der Waals surface area contributed by atoms with Gasteiger partial charge >= 0.3 is 0 Å². The molecule has 0 rings (SSSR count). The number of hydrogen-bond acceptors (Lipinski definition) is 5. The van der Waals surface area contributed by atoms with E-state index in [9.17, 15) is 20.4 Å². The van der Waals surface area contributed by atoms with Crippen molar-refractivity contribution in [1.29, 1.82) is 0 Å². The molecule has 0 saturated carbocycles. The van der Waals surface area contributed by atoms with Crippen molar-refractivity contribution in [2.75, 3.05) is 52.9 Å². The molecule has 0 bridgehead atoms. The van der Waals surface area contributed by atoms with Gasteiger partial charge in [-0.25, -0.2) is 0 Å². The predicted molar refractivity (Wildman–Crippen MR) is 79.4 cm³/mol. The fourth-order valence-electron chi connectivity index (χ4n) is 2.56. The third-order valence-corrected chi connectivity index (χ3v) is 3.35. The second kappa shape index (κ2) is 9.65. The summed E-state index contributed by atoms with van der Waals surface area (Å²) in [6.07, 6.45) is -1.31. The minimum Gasteiger partial charge on any atom is -0.392 e. The molecule has 6 nitrogen and oxygen atoms in total. The first kappa shape index (κ1) is 19.8. The SMILES string of the molecule is CC(O)CN(CC[N+](C)(CCO)CC(C)O)CC(C)O. The Kier molecular flexibility index (Phi) is 9.54. The van der Waals surface area contributed by atoms with E-state index < -0.39 is 18.3 Å². The summed E-state index contributed by atoms with van der Waals surface area (Å²) in [6.45, 7) is 8.94. The molecular formula is C14H33N2O4+. The molecule has 4 atom stereocenters. The van der Waals surface area contributed by atoms with Gasteiger partial charge in [0.05, 0.1) is 32.4 Å². The molecule has 0 radical (unpaired) electrons. The average Bonchev–Trinajstić information content (AvgIpc) is 2.23. The van der Waals surface area contributed by atoms with Gasteiger partial charge in [-0.2, -0.15) is 0 Å². The molecule has 0 aliphatic heterocycles. The van der Waals surface area contributed by atoms with Crippen molar-refractivity contribution in [3.8, 4) is 0 Å². The molecule has 0 heterocycles. The molecule has 4 unspecified atom stereocenters. The van der Waals surface area contributed by atoms with E-state index in [1.807, 2.05) is 11.9 Å². The molecule has 0 aromatic carbocycles. The maximum Gasteiger partial charge on any atom is 0.105 e. The maximum absolute atomic E-state index is 9.58. The van der Waals surface area contributed by atoms with Crippen molar-refractivity contribution in [3.05, 3.63) is 0 Å². The van der Waals surface area contributed by atoms with E-state index in [-0.39, 0.29) is 6.61 Å². The van der Waals surface area contributed by atoms with E-state index in [1.54, 1.807) is 20.8 Å². The van der Waals surface area contributed by atoms with E-state index in [4.69, 9.17) is 0 Å². The summed E-state index contributed by atoms with van der Waals surface area (Å²) in [6, 6.07) is 0. The first-order valence-electron chi connectivity index (χ1n) is 7.39. The van der Waals surface area contributed by atoms with E-state index in [2.05, 4.69) is 0 Å². The van der Waals surface area contributed by atoms with Gasteiger partial charge in [0.15, 0.2) is 0 Å². The molecule has 20 heavy (non-hydrogen) atoms. The summed E-state index contributed by atoms with van der Waals surface area (Å²) in [5.41, 5.74) is 0. The molecule has 0 fully saturated rings. The highest BCUT2D eigenvalue weighted by Gasteiger charge is 2.24. The number of rotatable bonds is 11. The Balaban J connectivity index is 4.51. The molecule has 0 amide bonds. The van der Waals surface area contributed by atoms with Gasteiger partial charge in [-0.15, -0.1) is 0 Å². The summed E-state index contributed by atoms with van der Waals surface area (Å²) in [5, 5.41) is 37.8. The molecule has 6 heteroatoms. The van der Waals surface area contributed by atoms with Crippen LogP contribution in [0.3, 0.4) is 0 Å². The molecule has 0 aromatic rings. The molecule has 0 saturated heterocycles. The van der Waals surface area contributed by atoms with Crippen molar-refractivity contribution < 1.29 is 24.9 Å². The predicted octanol–water partition coefficient (Wildman–Crippen LogP) is -1.13. The van der Waals surface area contributed by atoms with Gasteiger partial charge in [-0.05, 0) is 20.8 Å². The second-order valence-corrected chi connectivity index (χ2v) is 6.28. The number of hydrogen-bond donors (Lipinski definition) is 4. The smallest absolute Gasteiger partial charge is 0.105 e. The summed E-state index contributed by atoms with van der Waals surface area (Å²) in [5.74, 6) is 0. The van der Waals surface area contributed by atoms with Crippen LogP contribution in [-0.2, 0) is 0 Å². The lowest BCUT2D eigenvalue weighted by Crippen LogP contribution is -2.54. The van der Waals surface area contributed by atoms with Gasteiger partial charge < -0.3 is 24.9 Å². The minimum atomic E-state index is -0.442. The molecular weight excluding hydrogens is 260 g/mol. The van der Waals surface area contributed by atoms with Gasteiger partial charge in [0.25, 0.3) is 0 Å². The maximum atomic E-state index is 9.58.